The molecule has 31 heavy (non-hydrogen) atoms. The summed E-state index contributed by atoms with van der Waals surface area (Å²) in [5, 5.41) is 6.78. The fourth-order valence-electron chi connectivity index (χ4n) is 3.52. The van der Waals surface area contributed by atoms with Gasteiger partial charge in [0.2, 0.25) is 0 Å². The summed E-state index contributed by atoms with van der Waals surface area (Å²) in [7, 11) is 1.69. The molecule has 0 bridgehead atoms. The summed E-state index contributed by atoms with van der Waals surface area (Å²) in [5.41, 5.74) is 2.32. The van der Waals surface area contributed by atoms with Crippen LogP contribution < -0.4 is 15.4 Å². The van der Waals surface area contributed by atoms with Gasteiger partial charge in [-0.15, -0.1) is 24.0 Å². The van der Waals surface area contributed by atoms with Gasteiger partial charge in [-0.3, -0.25) is 14.9 Å². The summed E-state index contributed by atoms with van der Waals surface area (Å²) < 4.78 is 10.9. The summed E-state index contributed by atoms with van der Waals surface area (Å²) in [4.78, 5) is 11.7. The van der Waals surface area contributed by atoms with E-state index < -0.39 is 0 Å². The fraction of sp³-hybridized carbons (Fsp3) is 0.478. The maximum absolute atomic E-state index is 5.55. The van der Waals surface area contributed by atoms with Crippen LogP contribution in [0.1, 0.15) is 24.2 Å². The Kier molecular flexibility index (Phi) is 11.6. The molecular formula is C23H34IN5O2. The number of aromatic nitrogens is 1. The maximum atomic E-state index is 5.55. The highest BCUT2D eigenvalue weighted by molar-refractivity contribution is 14.0. The van der Waals surface area contributed by atoms with E-state index in [0.29, 0.717) is 6.54 Å². The standard InChI is InChI=1S/C23H33N5O2.HI/c1-3-24-23(26-13-11-20-6-4-5-12-25-20)27-18-22(28-14-16-30-17-15-28)19-7-9-21(29-2)10-8-19;/h4-10,12,22H,3,11,13-18H2,1-2H3,(H2,24,26,27);1H. The van der Waals surface area contributed by atoms with Crippen molar-refractivity contribution in [3.05, 3.63) is 59.9 Å². The molecule has 2 aromatic rings. The van der Waals surface area contributed by atoms with Gasteiger partial charge in [0.15, 0.2) is 5.96 Å². The molecule has 1 atom stereocenters. The summed E-state index contributed by atoms with van der Waals surface area (Å²) in [6.07, 6.45) is 2.69. The minimum Gasteiger partial charge on any atom is -0.497 e. The molecule has 0 aliphatic carbocycles. The smallest absolute Gasteiger partial charge is 0.191 e. The van der Waals surface area contributed by atoms with Gasteiger partial charge in [-0.1, -0.05) is 18.2 Å². The monoisotopic (exact) mass is 539 g/mol. The van der Waals surface area contributed by atoms with Crippen LogP contribution in [0.15, 0.2) is 53.7 Å². The third-order valence-corrected chi connectivity index (χ3v) is 5.15. The topological polar surface area (TPSA) is 71.0 Å². The van der Waals surface area contributed by atoms with Crippen LogP contribution in [0.25, 0.3) is 0 Å². The molecule has 0 spiro atoms. The van der Waals surface area contributed by atoms with Crippen molar-refractivity contribution < 1.29 is 9.47 Å². The highest BCUT2D eigenvalue weighted by atomic mass is 127. The number of benzene rings is 1. The number of nitrogens with zero attached hydrogens (tertiary/aromatic N) is 3. The van der Waals surface area contributed by atoms with Gasteiger partial charge < -0.3 is 20.1 Å². The van der Waals surface area contributed by atoms with Gasteiger partial charge in [-0.25, -0.2) is 0 Å². The first-order valence-electron chi connectivity index (χ1n) is 10.7. The van der Waals surface area contributed by atoms with Crippen LogP contribution in [-0.2, 0) is 11.2 Å². The molecule has 3 rings (SSSR count). The molecule has 170 valence electrons. The quantitative estimate of drug-likeness (QED) is 0.290. The fourth-order valence-corrected chi connectivity index (χ4v) is 3.52. The number of methoxy groups -OCH3 is 1. The van der Waals surface area contributed by atoms with Gasteiger partial charge in [0.25, 0.3) is 0 Å². The Balaban J connectivity index is 0.00000341. The second-order valence-corrected chi connectivity index (χ2v) is 7.15. The predicted octanol–water partition coefficient (Wildman–Crippen LogP) is 2.88. The molecule has 1 aromatic heterocycles. The Bertz CT molecular complexity index is 767. The molecule has 1 aliphatic rings. The summed E-state index contributed by atoms with van der Waals surface area (Å²) in [6.45, 7) is 7.71. The number of hydrogen-bond acceptors (Lipinski definition) is 5. The van der Waals surface area contributed by atoms with Crippen LogP contribution in [-0.4, -0.2) is 68.9 Å². The number of nitrogens with one attached hydrogen (secondary N) is 2. The first kappa shape index (κ1) is 25.4. The molecule has 2 heterocycles. The third kappa shape index (κ3) is 8.27. The largest absolute Gasteiger partial charge is 0.497 e. The van der Waals surface area contributed by atoms with Crippen LogP contribution >= 0.6 is 24.0 Å². The highest BCUT2D eigenvalue weighted by Gasteiger charge is 2.22. The lowest BCUT2D eigenvalue weighted by molar-refractivity contribution is 0.0179. The van der Waals surface area contributed by atoms with Crippen molar-refractivity contribution in [2.24, 2.45) is 4.99 Å². The molecule has 0 amide bonds. The zero-order valence-corrected chi connectivity index (χ0v) is 20.7. The Labute approximate surface area is 202 Å². The van der Waals surface area contributed by atoms with Crippen molar-refractivity contribution in [3.63, 3.8) is 0 Å². The molecule has 7 nitrogen and oxygen atoms in total. The lowest BCUT2D eigenvalue weighted by Gasteiger charge is -2.34. The molecule has 1 aromatic carbocycles. The lowest BCUT2D eigenvalue weighted by Crippen LogP contribution is -2.42. The number of guanidine groups is 1. The van der Waals surface area contributed by atoms with E-state index in [4.69, 9.17) is 14.5 Å². The van der Waals surface area contributed by atoms with Crippen LogP contribution in [0.3, 0.4) is 0 Å². The van der Waals surface area contributed by atoms with Gasteiger partial charge in [0.1, 0.15) is 5.75 Å². The van der Waals surface area contributed by atoms with Crippen LogP contribution in [0, 0.1) is 0 Å². The zero-order chi connectivity index (χ0) is 21.0. The third-order valence-electron chi connectivity index (χ3n) is 5.15. The molecule has 2 N–H and O–H groups in total. The normalized spacial score (nSPS) is 15.6. The van der Waals surface area contributed by atoms with Crippen molar-refractivity contribution in [2.75, 3.05) is 53.0 Å². The van der Waals surface area contributed by atoms with E-state index >= 15 is 0 Å². The second-order valence-electron chi connectivity index (χ2n) is 7.15. The number of rotatable bonds is 9. The molecule has 1 unspecified atom stereocenters. The second kappa shape index (κ2) is 14.2. The minimum absolute atomic E-state index is 0. The molecule has 1 aliphatic heterocycles. The summed E-state index contributed by atoms with van der Waals surface area (Å²) in [5.74, 6) is 1.70. The van der Waals surface area contributed by atoms with Crippen molar-refractivity contribution in [2.45, 2.75) is 19.4 Å². The van der Waals surface area contributed by atoms with Gasteiger partial charge in [-0.05, 0) is 36.8 Å². The van der Waals surface area contributed by atoms with E-state index in [9.17, 15) is 0 Å². The maximum Gasteiger partial charge on any atom is 0.191 e. The molecule has 8 heteroatoms. The molecule has 0 saturated carbocycles. The van der Waals surface area contributed by atoms with Crippen molar-refractivity contribution >= 4 is 29.9 Å². The zero-order valence-electron chi connectivity index (χ0n) is 18.4. The molecular weight excluding hydrogens is 505 g/mol. The summed E-state index contributed by atoms with van der Waals surface area (Å²) >= 11 is 0. The van der Waals surface area contributed by atoms with E-state index in [-0.39, 0.29) is 30.0 Å². The van der Waals surface area contributed by atoms with Gasteiger partial charge in [-0.2, -0.15) is 0 Å². The number of aliphatic imine (C=N–C) groups is 1. The van der Waals surface area contributed by atoms with Crippen molar-refractivity contribution in [1.82, 2.24) is 20.5 Å². The number of hydrogen-bond donors (Lipinski definition) is 2. The van der Waals surface area contributed by atoms with Gasteiger partial charge in [0, 0.05) is 44.5 Å². The SMILES string of the molecule is CCNC(=NCC(c1ccc(OC)cc1)N1CCOCC1)NCCc1ccccn1.I. The van der Waals surface area contributed by atoms with E-state index in [0.717, 1.165) is 63.2 Å². The average Bonchev–Trinajstić information content (AvgIpc) is 2.81. The predicted molar refractivity (Wildman–Crippen MR) is 135 cm³/mol. The number of pyridine rings is 1. The van der Waals surface area contributed by atoms with Crippen molar-refractivity contribution in [1.29, 1.82) is 0 Å². The summed E-state index contributed by atoms with van der Waals surface area (Å²) in [6, 6.07) is 14.5. The van der Waals surface area contributed by atoms with E-state index in [1.165, 1.54) is 5.56 Å². The van der Waals surface area contributed by atoms with Gasteiger partial charge in [0.05, 0.1) is 32.9 Å². The van der Waals surface area contributed by atoms with Gasteiger partial charge >= 0.3 is 0 Å². The number of halogens is 1. The van der Waals surface area contributed by atoms with E-state index in [2.05, 4.69) is 39.6 Å². The lowest BCUT2D eigenvalue weighted by atomic mass is 10.0. The van der Waals surface area contributed by atoms with Crippen LogP contribution in [0.4, 0.5) is 0 Å². The Morgan fingerprint density at radius 1 is 1.16 bits per heavy atom. The number of ether oxygens (including phenoxy) is 2. The first-order valence-corrected chi connectivity index (χ1v) is 10.7. The van der Waals surface area contributed by atoms with Crippen molar-refractivity contribution in [3.8, 4) is 5.75 Å². The highest BCUT2D eigenvalue weighted by Crippen LogP contribution is 2.24. The van der Waals surface area contributed by atoms with E-state index in [1.807, 2.05) is 36.5 Å². The first-order chi connectivity index (χ1) is 14.8. The average molecular weight is 539 g/mol. The molecule has 0 radical (unpaired) electrons. The Hall–Kier alpha value is -1.91. The van der Waals surface area contributed by atoms with Crippen LogP contribution in [0.2, 0.25) is 0 Å². The molecule has 1 fully saturated rings. The van der Waals surface area contributed by atoms with E-state index in [1.54, 1.807) is 7.11 Å². The number of morpholine rings is 1. The Morgan fingerprint density at radius 3 is 2.58 bits per heavy atom. The van der Waals surface area contributed by atoms with Crippen LogP contribution in [0.5, 0.6) is 5.75 Å². The Morgan fingerprint density at radius 2 is 1.94 bits per heavy atom. The minimum atomic E-state index is 0. The molecule has 1 saturated heterocycles.